The fourth-order valence-electron chi connectivity index (χ4n) is 3.88. The summed E-state index contributed by atoms with van der Waals surface area (Å²) in [6.07, 6.45) is 4.21. The molecule has 4 nitrogen and oxygen atoms in total. The Morgan fingerprint density at radius 3 is 2.63 bits per heavy atom. The maximum absolute atomic E-state index is 13.6. The Hall–Kier alpha value is -2.63. The Morgan fingerprint density at radius 1 is 0.967 bits per heavy atom. The molecule has 5 rings (SSSR count). The monoisotopic (exact) mass is 433 g/mol. The largest absolute Gasteiger partial charge is 0.268 e. The normalized spacial score (nSPS) is 13.4. The van der Waals surface area contributed by atoms with Gasteiger partial charge >= 0.3 is 0 Å². The molecule has 0 bridgehead atoms. The molecule has 0 atom stereocenters. The van der Waals surface area contributed by atoms with E-state index in [1.807, 2.05) is 36.4 Å². The van der Waals surface area contributed by atoms with E-state index >= 15 is 0 Å². The molecule has 0 amide bonds. The molecule has 4 aromatic rings. The SMILES string of the molecule is O=c1c2cc3c(nc2nc(SCc2ccccc2)n1-c1cccc(Cl)c1)CCCC3. The molecule has 2 aromatic heterocycles. The molecule has 0 saturated carbocycles. The second-order valence-corrected chi connectivity index (χ2v) is 8.84. The zero-order valence-electron chi connectivity index (χ0n) is 16.3. The molecule has 2 heterocycles. The molecular formula is C24H20ClN3OS. The maximum atomic E-state index is 13.6. The van der Waals surface area contributed by atoms with E-state index in [0.717, 1.165) is 37.1 Å². The summed E-state index contributed by atoms with van der Waals surface area (Å²) < 4.78 is 1.67. The predicted molar refractivity (Wildman–Crippen MR) is 123 cm³/mol. The van der Waals surface area contributed by atoms with E-state index in [0.29, 0.717) is 27.0 Å². The fraction of sp³-hybridized carbons (Fsp3) is 0.208. The van der Waals surface area contributed by atoms with Gasteiger partial charge in [-0.05, 0) is 61.1 Å². The van der Waals surface area contributed by atoms with E-state index in [1.165, 1.54) is 22.9 Å². The van der Waals surface area contributed by atoms with Crippen molar-refractivity contribution in [2.75, 3.05) is 0 Å². The Kier molecular flexibility index (Phi) is 5.32. The van der Waals surface area contributed by atoms with Crippen molar-refractivity contribution in [1.82, 2.24) is 14.5 Å². The lowest BCUT2D eigenvalue weighted by atomic mass is 9.95. The molecular weight excluding hydrogens is 414 g/mol. The van der Waals surface area contributed by atoms with Crippen LogP contribution in [0, 0.1) is 0 Å². The van der Waals surface area contributed by atoms with Gasteiger partial charge in [-0.25, -0.2) is 9.97 Å². The summed E-state index contributed by atoms with van der Waals surface area (Å²) in [4.78, 5) is 23.2. The number of aryl methyl sites for hydroxylation is 2. The number of aromatic nitrogens is 3. The highest BCUT2D eigenvalue weighted by Crippen LogP contribution is 2.27. The first kappa shape index (κ1) is 19.3. The molecule has 0 aliphatic heterocycles. The Bertz CT molecular complexity index is 1290. The Morgan fingerprint density at radius 2 is 1.80 bits per heavy atom. The van der Waals surface area contributed by atoms with Gasteiger partial charge in [0.1, 0.15) is 0 Å². The van der Waals surface area contributed by atoms with Gasteiger partial charge in [0.15, 0.2) is 10.8 Å². The molecule has 150 valence electrons. The van der Waals surface area contributed by atoms with E-state index in [-0.39, 0.29) is 5.56 Å². The molecule has 0 unspecified atom stereocenters. The lowest BCUT2D eigenvalue weighted by molar-refractivity contribution is 0.669. The average molecular weight is 434 g/mol. The number of thioether (sulfide) groups is 1. The van der Waals surface area contributed by atoms with Crippen LogP contribution in [0.15, 0.2) is 70.6 Å². The zero-order chi connectivity index (χ0) is 20.5. The van der Waals surface area contributed by atoms with Crippen LogP contribution in [0.3, 0.4) is 0 Å². The molecule has 30 heavy (non-hydrogen) atoms. The second kappa shape index (κ2) is 8.25. The highest BCUT2D eigenvalue weighted by molar-refractivity contribution is 7.98. The summed E-state index contributed by atoms with van der Waals surface area (Å²) >= 11 is 7.77. The lowest BCUT2D eigenvalue weighted by Crippen LogP contribution is -2.23. The highest BCUT2D eigenvalue weighted by Gasteiger charge is 2.18. The topological polar surface area (TPSA) is 47.8 Å². The van der Waals surface area contributed by atoms with Crippen LogP contribution in [0.2, 0.25) is 5.02 Å². The molecule has 0 fully saturated rings. The van der Waals surface area contributed by atoms with Gasteiger partial charge in [0.05, 0.1) is 11.1 Å². The molecule has 2 aromatic carbocycles. The molecule has 0 N–H and O–H groups in total. The number of hydrogen-bond acceptors (Lipinski definition) is 4. The molecule has 6 heteroatoms. The standard InChI is InChI=1S/C24H20ClN3OS/c25-18-10-6-11-19(14-18)28-23(29)20-13-17-9-4-5-12-21(17)26-22(20)27-24(28)30-15-16-7-2-1-3-8-16/h1-3,6-8,10-11,13-14H,4-5,9,12,15H2. The summed E-state index contributed by atoms with van der Waals surface area (Å²) in [7, 11) is 0. The minimum absolute atomic E-state index is 0.0984. The van der Waals surface area contributed by atoms with Gasteiger partial charge in [-0.1, -0.05) is 59.8 Å². The summed E-state index contributed by atoms with van der Waals surface area (Å²) in [5.74, 6) is 0.713. The van der Waals surface area contributed by atoms with Gasteiger partial charge in [-0.2, -0.15) is 0 Å². The van der Waals surface area contributed by atoms with Gasteiger partial charge in [-0.3, -0.25) is 9.36 Å². The van der Waals surface area contributed by atoms with Crippen molar-refractivity contribution < 1.29 is 0 Å². The molecule has 0 saturated heterocycles. The van der Waals surface area contributed by atoms with Gasteiger partial charge in [0.2, 0.25) is 0 Å². The van der Waals surface area contributed by atoms with Crippen molar-refractivity contribution >= 4 is 34.4 Å². The molecule has 0 radical (unpaired) electrons. The molecule has 0 spiro atoms. The summed E-state index contributed by atoms with van der Waals surface area (Å²) in [5.41, 5.74) is 4.59. The number of fused-ring (bicyclic) bond motifs is 2. The third kappa shape index (κ3) is 3.75. The first-order valence-electron chi connectivity index (χ1n) is 10.1. The number of nitrogens with zero attached hydrogens (tertiary/aromatic N) is 3. The van der Waals surface area contributed by atoms with Crippen LogP contribution in [0.4, 0.5) is 0 Å². The minimum atomic E-state index is -0.0984. The third-order valence-electron chi connectivity index (χ3n) is 5.38. The molecule has 1 aliphatic rings. The summed E-state index contributed by atoms with van der Waals surface area (Å²) in [6.45, 7) is 0. The van der Waals surface area contributed by atoms with E-state index in [4.69, 9.17) is 21.6 Å². The van der Waals surface area contributed by atoms with Crippen molar-refractivity contribution in [3.63, 3.8) is 0 Å². The van der Waals surface area contributed by atoms with Crippen LogP contribution in [-0.4, -0.2) is 14.5 Å². The molecule has 1 aliphatic carbocycles. The van der Waals surface area contributed by atoms with Crippen LogP contribution >= 0.6 is 23.4 Å². The van der Waals surface area contributed by atoms with Gasteiger partial charge in [0.25, 0.3) is 5.56 Å². The quantitative estimate of drug-likeness (QED) is 0.310. The number of rotatable bonds is 4. The fourth-order valence-corrected chi connectivity index (χ4v) is 5.02. The minimum Gasteiger partial charge on any atom is -0.268 e. The van der Waals surface area contributed by atoms with Gasteiger partial charge in [0, 0.05) is 16.5 Å². The lowest BCUT2D eigenvalue weighted by Gasteiger charge is -2.17. The van der Waals surface area contributed by atoms with Crippen LogP contribution in [0.1, 0.15) is 29.7 Å². The van der Waals surface area contributed by atoms with Gasteiger partial charge in [-0.15, -0.1) is 0 Å². The first-order chi connectivity index (χ1) is 14.7. The van der Waals surface area contributed by atoms with E-state index in [9.17, 15) is 4.79 Å². The van der Waals surface area contributed by atoms with Crippen LogP contribution < -0.4 is 5.56 Å². The van der Waals surface area contributed by atoms with Crippen molar-refractivity contribution in [3.05, 3.63) is 92.9 Å². The number of benzene rings is 2. The second-order valence-electron chi connectivity index (χ2n) is 7.46. The van der Waals surface area contributed by atoms with Crippen LogP contribution in [0.25, 0.3) is 16.7 Å². The summed E-state index contributed by atoms with van der Waals surface area (Å²) in [5, 5.41) is 1.78. The number of halogens is 1. The first-order valence-corrected chi connectivity index (χ1v) is 11.4. The van der Waals surface area contributed by atoms with E-state index in [1.54, 1.807) is 16.7 Å². The highest BCUT2D eigenvalue weighted by atomic mass is 35.5. The zero-order valence-corrected chi connectivity index (χ0v) is 17.9. The average Bonchev–Trinajstić information content (AvgIpc) is 2.77. The van der Waals surface area contributed by atoms with Crippen LogP contribution in [-0.2, 0) is 18.6 Å². The van der Waals surface area contributed by atoms with Crippen LogP contribution in [0.5, 0.6) is 0 Å². The van der Waals surface area contributed by atoms with E-state index < -0.39 is 0 Å². The van der Waals surface area contributed by atoms with Gasteiger partial charge < -0.3 is 0 Å². The number of pyridine rings is 1. The Labute approximate surface area is 184 Å². The van der Waals surface area contributed by atoms with Crippen molar-refractivity contribution in [2.45, 2.75) is 36.6 Å². The smallest absolute Gasteiger partial charge is 0.268 e. The summed E-state index contributed by atoms with van der Waals surface area (Å²) in [6, 6.07) is 19.5. The van der Waals surface area contributed by atoms with Crippen molar-refractivity contribution in [3.8, 4) is 5.69 Å². The van der Waals surface area contributed by atoms with Crippen molar-refractivity contribution in [2.24, 2.45) is 0 Å². The number of hydrogen-bond donors (Lipinski definition) is 0. The van der Waals surface area contributed by atoms with Crippen molar-refractivity contribution in [1.29, 1.82) is 0 Å². The third-order valence-corrected chi connectivity index (χ3v) is 6.63. The predicted octanol–water partition coefficient (Wildman–Crippen LogP) is 5.61. The van der Waals surface area contributed by atoms with E-state index in [2.05, 4.69) is 12.1 Å². The maximum Gasteiger partial charge on any atom is 0.268 e. The Balaban J connectivity index is 1.68.